The molecule has 2 saturated carbocycles. The summed E-state index contributed by atoms with van der Waals surface area (Å²) >= 11 is -0.826. The van der Waals surface area contributed by atoms with Gasteiger partial charge in [0.2, 0.25) is 0 Å². The number of rotatable bonds is 6. The summed E-state index contributed by atoms with van der Waals surface area (Å²) < 4.78 is 0. The summed E-state index contributed by atoms with van der Waals surface area (Å²) in [4.78, 5) is 0. The van der Waals surface area contributed by atoms with Gasteiger partial charge >= 0.3 is 37.9 Å². The summed E-state index contributed by atoms with van der Waals surface area (Å²) in [5, 5.41) is 0. The first-order valence-corrected chi connectivity index (χ1v) is 32.4. The Morgan fingerprint density at radius 3 is 0.945 bits per heavy atom. The van der Waals surface area contributed by atoms with Crippen LogP contribution in [0.15, 0.2) is 168 Å². The summed E-state index contributed by atoms with van der Waals surface area (Å²) in [5.74, 6) is 4.18. The Morgan fingerprint density at radius 2 is 0.630 bits per heavy atom. The van der Waals surface area contributed by atoms with Gasteiger partial charge in [-0.2, -0.15) is 0 Å². The molecule has 0 N–H and O–H groups in total. The molecule has 0 aromatic heterocycles. The van der Waals surface area contributed by atoms with E-state index in [2.05, 4.69) is 213 Å². The monoisotopic (exact) mass is 1070 g/mol. The van der Waals surface area contributed by atoms with E-state index in [9.17, 15) is 0 Å². The maximum absolute atomic E-state index is 4.93. The minimum atomic E-state index is -0.826. The van der Waals surface area contributed by atoms with Crippen molar-refractivity contribution in [1.29, 1.82) is 0 Å². The normalized spacial score (nSPS) is 21.7. The predicted molar refractivity (Wildman–Crippen MR) is 316 cm³/mol. The van der Waals surface area contributed by atoms with E-state index in [1.807, 2.05) is 0 Å². The van der Waals surface area contributed by atoms with Crippen LogP contribution >= 0.6 is 17.0 Å². The Morgan fingerprint density at radius 1 is 0.356 bits per heavy atom. The molecule has 0 heterocycles. The molecule has 0 aliphatic heterocycles. The van der Waals surface area contributed by atoms with Gasteiger partial charge in [0.15, 0.2) is 0 Å². The van der Waals surface area contributed by atoms with Crippen LogP contribution < -0.4 is 0 Å². The molecule has 0 nitrogen and oxygen atoms in total. The van der Waals surface area contributed by atoms with Crippen molar-refractivity contribution < 1.29 is 20.8 Å². The fraction of sp³-hybridized carbons (Fsp3) is 0.286. The van der Waals surface area contributed by atoms with E-state index in [-0.39, 0.29) is 14.9 Å². The number of hydrogen-bond donors (Lipinski definition) is 0. The molecule has 0 spiro atoms. The van der Waals surface area contributed by atoms with Gasteiger partial charge in [0.25, 0.3) is 0 Å². The van der Waals surface area contributed by atoms with Crippen LogP contribution in [0.5, 0.6) is 0 Å². The van der Waals surface area contributed by atoms with Gasteiger partial charge in [-0.25, -0.2) is 0 Å². The van der Waals surface area contributed by atoms with Gasteiger partial charge in [-0.15, -0.1) is 0 Å². The molecule has 12 rings (SSSR count). The Hall–Kier alpha value is -4.78. The van der Waals surface area contributed by atoms with Gasteiger partial charge in [-0.1, -0.05) is 180 Å². The zero-order chi connectivity index (χ0) is 49.5. The van der Waals surface area contributed by atoms with Crippen molar-refractivity contribution >= 4 is 40.3 Å². The summed E-state index contributed by atoms with van der Waals surface area (Å²) in [6, 6.07) is 45.7. The van der Waals surface area contributed by atoms with Gasteiger partial charge in [-0.3, -0.25) is 0 Å². The van der Waals surface area contributed by atoms with Crippen LogP contribution in [0.3, 0.4) is 0 Å². The van der Waals surface area contributed by atoms with E-state index in [0.29, 0.717) is 11.8 Å². The number of allylic oxidation sites excluding steroid dienone is 10. The fourth-order valence-corrected chi connectivity index (χ4v) is 13.6. The molecule has 4 atom stereocenters. The molecule has 372 valence electrons. The molecule has 6 aliphatic carbocycles. The van der Waals surface area contributed by atoms with Crippen LogP contribution in [-0.4, -0.2) is 0 Å². The predicted octanol–water partition coefficient (Wildman–Crippen LogP) is 20.4. The van der Waals surface area contributed by atoms with Gasteiger partial charge < -0.3 is 14.9 Å². The van der Waals surface area contributed by atoms with Crippen molar-refractivity contribution in [3.63, 3.8) is 0 Å². The standard InChI is InChI=1S/C34H38.C34H30.2CH3.2ClH.Zr/c2*1-21-13-14-22(2)32-18-25(17-31(21)32)27-9-5-7-11-29(27)30-12-8-6-10-28(30)26-19-33-23(3)15-16-24(4)34(33)20-26;;;;;/h5-16,25-26,31-34H,17-20H2,1-4H3;5-17,19H,18,20H2,1-4H3;2*1H3;2*1H;/q;;2*-1;;;+4/p-2. The molecule has 73 heavy (non-hydrogen) atoms. The molecule has 2 fully saturated rings. The fourth-order valence-electron chi connectivity index (χ4n) is 13.6. The number of hydrogen-bond acceptors (Lipinski definition) is 0. The first-order valence-electron chi connectivity index (χ1n) is 26.1. The Balaban J connectivity index is 0.000000180. The summed E-state index contributed by atoms with van der Waals surface area (Å²) in [6.45, 7) is 18.3. The maximum atomic E-state index is 4.93. The molecule has 0 amide bonds. The molecule has 0 radical (unpaired) electrons. The van der Waals surface area contributed by atoms with Crippen LogP contribution in [0.1, 0.15) is 132 Å². The second-order valence-corrected chi connectivity index (χ2v) is 25.4. The molecule has 0 bridgehead atoms. The van der Waals surface area contributed by atoms with Crippen LogP contribution in [0.25, 0.3) is 45.6 Å². The minimum absolute atomic E-state index is 0. The average molecular weight is 1080 g/mol. The SMILES string of the molecule is CC1=CC=C(C)C2CC(c3ccccc3-c3ccccc3C3CC4C(C)=CC=C(C)C4C3)CC12.Cc1ccc(C)c2c1C=C(c1ccccc1-c1ccccc1C1=Cc3c(C)ccc(C)c3C1)C2.[CH3-].[CH3-].[Cl][Zr+2][Cl]. The van der Waals surface area contributed by atoms with Gasteiger partial charge in [0, 0.05) is 0 Å². The Labute approximate surface area is 458 Å². The Bertz CT molecular complexity index is 2960. The summed E-state index contributed by atoms with van der Waals surface area (Å²) in [7, 11) is 9.87. The van der Waals surface area contributed by atoms with E-state index in [1.54, 1.807) is 33.4 Å². The zero-order valence-corrected chi connectivity index (χ0v) is 48.9. The number of benzene rings is 6. The second kappa shape index (κ2) is 23.4. The van der Waals surface area contributed by atoms with Crippen molar-refractivity contribution in [2.75, 3.05) is 0 Å². The third-order valence-electron chi connectivity index (χ3n) is 17.6. The van der Waals surface area contributed by atoms with E-state index in [1.165, 1.54) is 115 Å². The van der Waals surface area contributed by atoms with Gasteiger partial charge in [-0.05, 0) is 230 Å². The van der Waals surface area contributed by atoms with Crippen LogP contribution in [-0.2, 0) is 33.7 Å². The molecule has 6 aromatic carbocycles. The zero-order valence-electron chi connectivity index (χ0n) is 45.0. The molecule has 6 aromatic rings. The second-order valence-electron chi connectivity index (χ2n) is 21.6. The first-order chi connectivity index (χ1) is 34.4. The Kier molecular flexibility index (Phi) is 17.5. The van der Waals surface area contributed by atoms with Crippen LogP contribution in [0, 0.1) is 66.2 Å². The van der Waals surface area contributed by atoms with Gasteiger partial charge in [0.05, 0.1) is 0 Å². The number of halogens is 2. The van der Waals surface area contributed by atoms with Crippen LogP contribution in [0.4, 0.5) is 0 Å². The van der Waals surface area contributed by atoms with Crippen molar-refractivity contribution in [3.8, 4) is 22.3 Å². The van der Waals surface area contributed by atoms with Gasteiger partial charge in [0.1, 0.15) is 0 Å². The van der Waals surface area contributed by atoms with Crippen molar-refractivity contribution in [1.82, 2.24) is 0 Å². The van der Waals surface area contributed by atoms with E-state index in [4.69, 9.17) is 17.0 Å². The van der Waals surface area contributed by atoms with Crippen molar-refractivity contribution in [3.05, 3.63) is 250 Å². The van der Waals surface area contributed by atoms with Crippen molar-refractivity contribution in [2.24, 2.45) is 23.7 Å². The average Bonchev–Trinajstić information content (AvgIpc) is 4.23. The summed E-state index contributed by atoms with van der Waals surface area (Å²) in [6.07, 6.45) is 21.5. The third kappa shape index (κ3) is 10.7. The quantitative estimate of drug-likeness (QED) is 0.146. The van der Waals surface area contributed by atoms with Crippen LogP contribution in [0.2, 0.25) is 0 Å². The molecule has 3 heteroatoms. The molecule has 4 unspecified atom stereocenters. The number of fused-ring (bicyclic) bond motifs is 4. The molecule has 0 saturated heterocycles. The molecule has 6 aliphatic rings. The van der Waals surface area contributed by atoms with E-state index in [0.717, 1.165) is 36.5 Å². The topological polar surface area (TPSA) is 0 Å². The first kappa shape index (κ1) is 54.5. The molecular formula is C70H74Cl2Zr. The third-order valence-corrected chi connectivity index (χ3v) is 17.6. The van der Waals surface area contributed by atoms with E-state index >= 15 is 0 Å². The summed E-state index contributed by atoms with van der Waals surface area (Å²) in [5.41, 5.74) is 32.0. The van der Waals surface area contributed by atoms with E-state index < -0.39 is 20.8 Å². The van der Waals surface area contributed by atoms with Crippen molar-refractivity contribution in [2.45, 2.75) is 106 Å². The molecular weight excluding hydrogens is 1000 g/mol. The number of aryl methyl sites for hydroxylation is 4.